The number of nitrogens with two attached hydrogens (primary N) is 2. The van der Waals surface area contributed by atoms with Crippen LogP contribution in [0.25, 0.3) is 0 Å². The Morgan fingerprint density at radius 3 is 2.45 bits per heavy atom. The molecule has 0 amide bonds. The highest BCUT2D eigenvalue weighted by atomic mass is 32.1. The van der Waals surface area contributed by atoms with E-state index in [4.69, 9.17) is 11.5 Å². The minimum Gasteiger partial charge on any atom is -0.397 e. The summed E-state index contributed by atoms with van der Waals surface area (Å²) in [4.78, 5) is 0. The van der Waals surface area contributed by atoms with Gasteiger partial charge in [-0.2, -0.15) is 4.36 Å². The summed E-state index contributed by atoms with van der Waals surface area (Å²) in [6.07, 6.45) is 0. The zero-order chi connectivity index (χ0) is 8.43. The van der Waals surface area contributed by atoms with E-state index in [9.17, 15) is 4.39 Å². The van der Waals surface area contributed by atoms with Gasteiger partial charge in [0.15, 0.2) is 0 Å². The Kier molecular flexibility index (Phi) is 2.00. The summed E-state index contributed by atoms with van der Waals surface area (Å²) in [5, 5.41) is 0. The van der Waals surface area contributed by atoms with Crippen molar-refractivity contribution in [2.45, 2.75) is 0 Å². The molecule has 0 aliphatic rings. The molecule has 0 aliphatic carbocycles. The molecule has 0 aliphatic heterocycles. The third-order valence-corrected chi connectivity index (χ3v) is 1.44. The Hall–Kier alpha value is -1.23. The molecule has 1 rings (SSSR count). The summed E-state index contributed by atoms with van der Waals surface area (Å²) < 4.78 is 16.0. The van der Waals surface area contributed by atoms with Gasteiger partial charge < -0.3 is 11.5 Å². The lowest BCUT2D eigenvalue weighted by Gasteiger charge is -2.00. The Morgan fingerprint density at radius 2 is 1.91 bits per heavy atom. The van der Waals surface area contributed by atoms with Crippen molar-refractivity contribution in [1.82, 2.24) is 0 Å². The van der Waals surface area contributed by atoms with Crippen LogP contribution in [0.15, 0.2) is 16.5 Å². The molecule has 0 heterocycles. The third kappa shape index (κ3) is 1.43. The van der Waals surface area contributed by atoms with Gasteiger partial charge in [-0.3, -0.25) is 0 Å². The molecular weight excluding hydrogens is 165 g/mol. The van der Waals surface area contributed by atoms with Gasteiger partial charge in [0.25, 0.3) is 0 Å². The average Bonchev–Trinajstić information content (AvgIpc) is 1.97. The van der Waals surface area contributed by atoms with Gasteiger partial charge in [0, 0.05) is 18.5 Å². The minimum atomic E-state index is -0.553. The maximum absolute atomic E-state index is 12.7. The van der Waals surface area contributed by atoms with E-state index in [1.807, 2.05) is 0 Å². The highest BCUT2D eigenvalue weighted by molar-refractivity contribution is 7.47. The summed E-state index contributed by atoms with van der Waals surface area (Å²) in [6, 6.07) is 2.40. The summed E-state index contributed by atoms with van der Waals surface area (Å²) in [6.45, 7) is 0. The van der Waals surface area contributed by atoms with Crippen LogP contribution in [0, 0.1) is 5.82 Å². The molecule has 4 N–H and O–H groups in total. The van der Waals surface area contributed by atoms with E-state index in [0.29, 0.717) is 5.69 Å². The molecule has 58 valence electrons. The molecule has 3 nitrogen and oxygen atoms in total. The van der Waals surface area contributed by atoms with Crippen LogP contribution in [0.2, 0.25) is 0 Å². The first-order valence-corrected chi connectivity index (χ1v) is 3.19. The lowest BCUT2D eigenvalue weighted by Crippen LogP contribution is -1.93. The maximum atomic E-state index is 12.7. The molecule has 0 aromatic heterocycles. The van der Waals surface area contributed by atoms with E-state index >= 15 is 0 Å². The van der Waals surface area contributed by atoms with Crippen molar-refractivity contribution in [2.75, 3.05) is 11.5 Å². The second-order valence-electron chi connectivity index (χ2n) is 2.02. The van der Waals surface area contributed by atoms with Gasteiger partial charge in [-0.25, -0.2) is 4.39 Å². The van der Waals surface area contributed by atoms with Gasteiger partial charge >= 0.3 is 0 Å². The molecule has 11 heavy (non-hydrogen) atoms. The van der Waals surface area contributed by atoms with E-state index in [-0.39, 0.29) is 11.4 Å². The standard InChI is InChI=1S/C6H6FN3S/c7-3-1-6(10-11)5(9)2-4(3)8/h1-2H,8-9H2. The zero-order valence-electron chi connectivity index (χ0n) is 5.54. The summed E-state index contributed by atoms with van der Waals surface area (Å²) in [7, 11) is 0. The SMILES string of the molecule is Nc1cc(N)c(N=S)cc1F. The van der Waals surface area contributed by atoms with Crippen LogP contribution in [0.1, 0.15) is 0 Å². The monoisotopic (exact) mass is 171 g/mol. The van der Waals surface area contributed by atoms with Crippen molar-refractivity contribution in [2.24, 2.45) is 4.36 Å². The Morgan fingerprint density at radius 1 is 1.27 bits per heavy atom. The van der Waals surface area contributed by atoms with Crippen LogP contribution < -0.4 is 11.5 Å². The topological polar surface area (TPSA) is 64.4 Å². The number of benzene rings is 1. The number of halogens is 1. The fraction of sp³-hybridized carbons (Fsp3) is 0. The Balaban J connectivity index is 3.31. The second-order valence-corrected chi connectivity index (χ2v) is 2.21. The fourth-order valence-corrected chi connectivity index (χ4v) is 0.834. The van der Waals surface area contributed by atoms with E-state index in [2.05, 4.69) is 16.8 Å². The second kappa shape index (κ2) is 2.79. The first-order chi connectivity index (χ1) is 5.15. The molecule has 0 unspecified atom stereocenters. The van der Waals surface area contributed by atoms with Crippen molar-refractivity contribution in [3.8, 4) is 0 Å². The number of hydrogen-bond acceptors (Lipinski definition) is 4. The molecule has 0 bridgehead atoms. The van der Waals surface area contributed by atoms with Crippen LogP contribution >= 0.6 is 0 Å². The number of hydrogen-bond donors (Lipinski definition) is 2. The van der Waals surface area contributed by atoms with E-state index < -0.39 is 5.82 Å². The van der Waals surface area contributed by atoms with Crippen LogP contribution in [0.3, 0.4) is 0 Å². The van der Waals surface area contributed by atoms with Crippen molar-refractivity contribution in [3.63, 3.8) is 0 Å². The molecule has 0 saturated heterocycles. The summed E-state index contributed by atoms with van der Waals surface area (Å²) >= 11 is 4.35. The van der Waals surface area contributed by atoms with Gasteiger partial charge in [-0.05, 0) is 6.07 Å². The molecule has 1 aromatic carbocycles. The predicted molar refractivity (Wildman–Crippen MR) is 44.7 cm³/mol. The molecule has 0 atom stereocenters. The minimum absolute atomic E-state index is 0.00454. The van der Waals surface area contributed by atoms with E-state index in [0.717, 1.165) is 6.07 Å². The van der Waals surface area contributed by atoms with Crippen LogP contribution in [-0.4, -0.2) is 0 Å². The van der Waals surface area contributed by atoms with Gasteiger partial charge in [0.2, 0.25) is 0 Å². The maximum Gasteiger partial charge on any atom is 0.148 e. The Bertz CT molecular complexity index is 300. The molecule has 1 aromatic rings. The highest BCUT2D eigenvalue weighted by Gasteiger charge is 2.03. The van der Waals surface area contributed by atoms with Crippen molar-refractivity contribution in [1.29, 1.82) is 0 Å². The number of anilines is 2. The lowest BCUT2D eigenvalue weighted by atomic mass is 10.2. The molecule has 0 radical (unpaired) electrons. The molecule has 5 heteroatoms. The molecule has 0 fully saturated rings. The number of rotatable bonds is 1. The average molecular weight is 171 g/mol. The van der Waals surface area contributed by atoms with Crippen LogP contribution in [0.5, 0.6) is 0 Å². The number of nitrogens with zero attached hydrogens (tertiary/aromatic N) is 1. The first-order valence-electron chi connectivity index (χ1n) is 2.83. The van der Waals surface area contributed by atoms with Crippen LogP contribution in [0.4, 0.5) is 21.5 Å². The van der Waals surface area contributed by atoms with Crippen molar-refractivity contribution >= 4 is 29.5 Å². The highest BCUT2D eigenvalue weighted by Crippen LogP contribution is 2.26. The van der Waals surface area contributed by atoms with Gasteiger partial charge in [0.1, 0.15) is 11.5 Å². The van der Waals surface area contributed by atoms with E-state index in [1.54, 1.807) is 0 Å². The summed E-state index contributed by atoms with van der Waals surface area (Å²) in [5.74, 6) is -0.553. The van der Waals surface area contributed by atoms with Gasteiger partial charge in [-0.15, -0.1) is 0 Å². The largest absolute Gasteiger partial charge is 0.397 e. The quantitative estimate of drug-likeness (QED) is 0.627. The third-order valence-electron chi connectivity index (χ3n) is 1.24. The van der Waals surface area contributed by atoms with Gasteiger partial charge in [0.05, 0.1) is 11.4 Å². The molecular formula is C6H6FN3S. The molecule has 0 spiro atoms. The smallest absolute Gasteiger partial charge is 0.148 e. The predicted octanol–water partition coefficient (Wildman–Crippen LogP) is 1.35. The Labute approximate surface area is 68.4 Å². The fourth-order valence-electron chi connectivity index (χ4n) is 0.676. The van der Waals surface area contributed by atoms with Crippen molar-refractivity contribution in [3.05, 3.63) is 17.9 Å². The van der Waals surface area contributed by atoms with Crippen molar-refractivity contribution < 1.29 is 4.39 Å². The van der Waals surface area contributed by atoms with Gasteiger partial charge in [-0.1, -0.05) is 0 Å². The number of nitrogen functional groups attached to an aromatic ring is 2. The zero-order valence-corrected chi connectivity index (χ0v) is 6.36. The first kappa shape index (κ1) is 7.87. The molecule has 0 saturated carbocycles. The van der Waals surface area contributed by atoms with E-state index in [1.165, 1.54) is 6.07 Å². The van der Waals surface area contributed by atoms with Crippen LogP contribution in [-0.2, 0) is 12.4 Å². The normalized spacial score (nSPS) is 9.55. The lowest BCUT2D eigenvalue weighted by molar-refractivity contribution is 0.633. The summed E-state index contributed by atoms with van der Waals surface area (Å²) in [5.41, 5.74) is 11.1.